The fourth-order valence-corrected chi connectivity index (χ4v) is 2.70. The number of rotatable bonds is 7. The van der Waals surface area contributed by atoms with Crippen LogP contribution in [0.5, 0.6) is 5.88 Å². The lowest BCUT2D eigenvalue weighted by Crippen LogP contribution is -2.24. The second-order valence-electron chi connectivity index (χ2n) is 4.86. The summed E-state index contributed by atoms with van der Waals surface area (Å²) < 4.78 is 10.4. The van der Waals surface area contributed by atoms with Gasteiger partial charge in [0.15, 0.2) is 0 Å². The summed E-state index contributed by atoms with van der Waals surface area (Å²) in [7, 11) is 0. The van der Waals surface area contributed by atoms with Crippen LogP contribution in [0.3, 0.4) is 0 Å². The van der Waals surface area contributed by atoms with Gasteiger partial charge in [0.2, 0.25) is 23.5 Å². The van der Waals surface area contributed by atoms with Crippen molar-refractivity contribution >= 4 is 17.2 Å². The van der Waals surface area contributed by atoms with Crippen molar-refractivity contribution in [2.45, 2.75) is 19.9 Å². The second kappa shape index (κ2) is 7.69. The van der Waals surface area contributed by atoms with Gasteiger partial charge in [-0.1, -0.05) is 11.2 Å². The van der Waals surface area contributed by atoms with Crippen molar-refractivity contribution < 1.29 is 14.1 Å². The van der Waals surface area contributed by atoms with E-state index in [1.54, 1.807) is 23.6 Å². The third-order valence-electron chi connectivity index (χ3n) is 3.11. The minimum absolute atomic E-state index is 0.0834. The predicted octanol–water partition coefficient (Wildman–Crippen LogP) is 2.45. The summed E-state index contributed by atoms with van der Waals surface area (Å²) >= 11 is 1.55. The van der Waals surface area contributed by atoms with Crippen molar-refractivity contribution in [2.75, 3.05) is 6.61 Å². The third-order valence-corrected chi connectivity index (χ3v) is 3.98. The molecule has 3 aromatic heterocycles. The minimum atomic E-state index is -0.0834. The fourth-order valence-electron chi connectivity index (χ4n) is 2.00. The molecular weight excluding hydrogens is 328 g/mol. The molecule has 3 heterocycles. The first kappa shape index (κ1) is 16.1. The Bertz CT molecular complexity index is 784. The maximum absolute atomic E-state index is 11.8. The van der Waals surface area contributed by atoms with Gasteiger partial charge in [0.05, 0.1) is 19.6 Å². The fraction of sp³-hybridized carbons (Fsp3) is 0.250. The molecule has 0 spiro atoms. The number of carbonyl (C=O) groups is 1. The van der Waals surface area contributed by atoms with Crippen LogP contribution in [0.2, 0.25) is 0 Å². The van der Waals surface area contributed by atoms with E-state index < -0.39 is 0 Å². The van der Waals surface area contributed by atoms with Gasteiger partial charge < -0.3 is 14.6 Å². The van der Waals surface area contributed by atoms with E-state index in [-0.39, 0.29) is 12.5 Å². The summed E-state index contributed by atoms with van der Waals surface area (Å²) in [4.78, 5) is 21.3. The van der Waals surface area contributed by atoms with Crippen LogP contribution in [0.1, 0.15) is 17.7 Å². The average Bonchev–Trinajstić information content (AvgIpc) is 3.26. The zero-order valence-corrected chi connectivity index (χ0v) is 13.9. The van der Waals surface area contributed by atoms with E-state index >= 15 is 0 Å². The number of hydrogen-bond donors (Lipinski definition) is 1. The highest BCUT2D eigenvalue weighted by Gasteiger charge is 2.11. The molecule has 24 heavy (non-hydrogen) atoms. The van der Waals surface area contributed by atoms with Gasteiger partial charge in [-0.05, 0) is 24.4 Å². The highest BCUT2D eigenvalue weighted by atomic mass is 32.1. The maximum atomic E-state index is 11.8. The zero-order chi connectivity index (χ0) is 16.8. The van der Waals surface area contributed by atoms with Crippen LogP contribution in [0.25, 0.3) is 11.4 Å². The van der Waals surface area contributed by atoms with Crippen LogP contribution >= 0.6 is 11.3 Å². The van der Waals surface area contributed by atoms with Gasteiger partial charge in [0, 0.05) is 22.7 Å². The molecule has 7 nitrogen and oxygen atoms in total. The van der Waals surface area contributed by atoms with Crippen LogP contribution in [-0.2, 0) is 17.8 Å². The number of amides is 1. The smallest absolute Gasteiger partial charge is 0.246 e. The summed E-state index contributed by atoms with van der Waals surface area (Å²) in [5.41, 5.74) is 0.721. The molecular formula is C16H16N4O3S. The van der Waals surface area contributed by atoms with Gasteiger partial charge in [0.25, 0.3) is 0 Å². The molecule has 1 amide bonds. The molecule has 0 aliphatic heterocycles. The van der Waals surface area contributed by atoms with Crippen molar-refractivity contribution in [2.24, 2.45) is 0 Å². The zero-order valence-electron chi connectivity index (χ0n) is 13.1. The first-order valence-electron chi connectivity index (χ1n) is 7.45. The van der Waals surface area contributed by atoms with Crippen molar-refractivity contribution in [1.29, 1.82) is 0 Å². The van der Waals surface area contributed by atoms with E-state index in [0.29, 0.717) is 30.6 Å². The van der Waals surface area contributed by atoms with Crippen LogP contribution < -0.4 is 10.1 Å². The Morgan fingerprint density at radius 3 is 3.00 bits per heavy atom. The van der Waals surface area contributed by atoms with Crippen LogP contribution in [0.4, 0.5) is 0 Å². The number of nitrogens with one attached hydrogen (secondary N) is 1. The molecule has 0 atom stereocenters. The van der Waals surface area contributed by atoms with Crippen molar-refractivity contribution in [1.82, 2.24) is 20.4 Å². The molecule has 124 valence electrons. The molecule has 0 unspecified atom stereocenters. The summed E-state index contributed by atoms with van der Waals surface area (Å²) in [6, 6.07) is 7.40. The molecule has 0 saturated carbocycles. The van der Waals surface area contributed by atoms with E-state index in [2.05, 4.69) is 20.4 Å². The molecule has 0 aromatic carbocycles. The number of thiophene rings is 1. The maximum Gasteiger partial charge on any atom is 0.246 e. The van der Waals surface area contributed by atoms with Gasteiger partial charge in [0.1, 0.15) is 0 Å². The van der Waals surface area contributed by atoms with Crippen molar-refractivity contribution in [3.8, 4) is 17.3 Å². The number of aromatic nitrogens is 3. The average molecular weight is 344 g/mol. The first-order valence-corrected chi connectivity index (χ1v) is 8.33. The highest BCUT2D eigenvalue weighted by molar-refractivity contribution is 7.10. The number of carbonyl (C=O) groups excluding carboxylic acids is 1. The van der Waals surface area contributed by atoms with E-state index in [1.807, 2.05) is 30.5 Å². The number of nitrogens with zero attached hydrogens (tertiary/aromatic N) is 3. The van der Waals surface area contributed by atoms with Crippen LogP contribution in [0.15, 0.2) is 40.4 Å². The Hall–Kier alpha value is -2.74. The molecule has 0 radical (unpaired) electrons. The van der Waals surface area contributed by atoms with Gasteiger partial charge in [-0.15, -0.1) is 11.3 Å². The van der Waals surface area contributed by atoms with Gasteiger partial charge in [-0.3, -0.25) is 4.79 Å². The molecule has 3 rings (SSSR count). The molecule has 0 bridgehead atoms. The third kappa shape index (κ3) is 4.17. The van der Waals surface area contributed by atoms with Gasteiger partial charge in [-0.2, -0.15) is 4.98 Å². The highest BCUT2D eigenvalue weighted by Crippen LogP contribution is 2.17. The molecule has 0 saturated heterocycles. The Morgan fingerprint density at radius 1 is 1.38 bits per heavy atom. The lowest BCUT2D eigenvalue weighted by molar-refractivity contribution is -0.120. The lowest BCUT2D eigenvalue weighted by atomic mass is 10.3. The Morgan fingerprint density at radius 2 is 2.29 bits per heavy atom. The summed E-state index contributed by atoms with van der Waals surface area (Å²) in [6.07, 6.45) is 1.97. The molecule has 3 aromatic rings. The quantitative estimate of drug-likeness (QED) is 0.708. The van der Waals surface area contributed by atoms with E-state index in [1.165, 1.54) is 0 Å². The largest absolute Gasteiger partial charge is 0.478 e. The van der Waals surface area contributed by atoms with Crippen LogP contribution in [-0.4, -0.2) is 27.6 Å². The normalized spacial score (nSPS) is 10.5. The van der Waals surface area contributed by atoms with Gasteiger partial charge in [-0.25, -0.2) is 4.98 Å². The summed E-state index contributed by atoms with van der Waals surface area (Å²) in [5, 5.41) is 8.61. The number of hydrogen-bond acceptors (Lipinski definition) is 7. The van der Waals surface area contributed by atoms with Crippen molar-refractivity contribution in [3.05, 3.63) is 46.6 Å². The monoisotopic (exact) mass is 344 g/mol. The topological polar surface area (TPSA) is 90.1 Å². The molecule has 0 aliphatic carbocycles. The molecule has 1 N–H and O–H groups in total. The standard InChI is InChI=1S/C16H16N4O3S/c1-2-22-14-6-5-11(9-18-14)16-19-15(23-20-16)10-17-13(21)8-12-4-3-7-24-12/h3-7,9H,2,8,10H2,1H3,(H,17,21). The summed E-state index contributed by atoms with van der Waals surface area (Å²) in [5.74, 6) is 1.23. The Labute approximate surface area is 142 Å². The Kier molecular flexibility index (Phi) is 5.17. The number of ether oxygens (including phenoxy) is 1. The minimum Gasteiger partial charge on any atom is -0.478 e. The number of pyridine rings is 1. The van der Waals surface area contributed by atoms with E-state index in [9.17, 15) is 4.79 Å². The van der Waals surface area contributed by atoms with Crippen LogP contribution in [0, 0.1) is 0 Å². The van der Waals surface area contributed by atoms with E-state index in [0.717, 1.165) is 10.4 Å². The predicted molar refractivity (Wildman–Crippen MR) is 88.6 cm³/mol. The van der Waals surface area contributed by atoms with Crippen molar-refractivity contribution in [3.63, 3.8) is 0 Å². The Balaban J connectivity index is 1.56. The molecule has 0 fully saturated rings. The van der Waals surface area contributed by atoms with Gasteiger partial charge >= 0.3 is 0 Å². The molecule has 0 aliphatic rings. The SMILES string of the molecule is CCOc1ccc(-c2noc(CNC(=O)Cc3cccs3)n2)cn1. The van der Waals surface area contributed by atoms with E-state index in [4.69, 9.17) is 9.26 Å². The molecule has 8 heteroatoms. The lowest BCUT2D eigenvalue weighted by Gasteiger charge is -2.01. The summed E-state index contributed by atoms with van der Waals surface area (Å²) in [6.45, 7) is 2.65. The second-order valence-corrected chi connectivity index (χ2v) is 5.89. The first-order chi connectivity index (χ1) is 11.7.